The maximum absolute atomic E-state index is 11.1. The Kier molecular flexibility index (Phi) is 6.25. The van der Waals surface area contributed by atoms with E-state index in [-0.39, 0.29) is 5.78 Å². The molecule has 0 aliphatic rings. The zero-order chi connectivity index (χ0) is 10.3. The van der Waals surface area contributed by atoms with Gasteiger partial charge in [0.15, 0.2) is 5.78 Å². The van der Waals surface area contributed by atoms with Gasteiger partial charge in [-0.3, -0.25) is 4.79 Å². The Morgan fingerprint density at radius 2 is 2.00 bits per heavy atom. The maximum atomic E-state index is 11.1. The van der Waals surface area contributed by atoms with Crippen molar-refractivity contribution in [3.05, 3.63) is 34.9 Å². The third kappa shape index (κ3) is 4.09. The highest BCUT2D eigenvalue weighted by Gasteiger charge is 2.01. The fourth-order valence-corrected chi connectivity index (χ4v) is 1.06. The van der Waals surface area contributed by atoms with Crippen LogP contribution in [-0.2, 0) is 0 Å². The van der Waals surface area contributed by atoms with Crippen LogP contribution in [0.5, 0.6) is 0 Å². The Labute approximate surface area is 84.7 Å². The van der Waals surface area contributed by atoms with Crippen LogP contribution in [0.25, 0.3) is 0 Å². The zero-order valence-corrected chi connectivity index (χ0v) is 9.06. The van der Waals surface area contributed by atoms with Gasteiger partial charge in [0.2, 0.25) is 0 Å². The quantitative estimate of drug-likeness (QED) is 0.658. The lowest BCUT2D eigenvalue weighted by Gasteiger charge is -1.96. The summed E-state index contributed by atoms with van der Waals surface area (Å²) in [6.07, 6.45) is 0.528. The first-order chi connectivity index (χ1) is 6.24. The molecule has 1 nitrogen and oxygen atoms in total. The topological polar surface area (TPSA) is 17.1 Å². The van der Waals surface area contributed by atoms with Crippen LogP contribution in [0.4, 0.5) is 0 Å². The second-order valence-corrected chi connectivity index (χ2v) is 2.72. The predicted octanol–water partition coefficient (Wildman–Crippen LogP) is 3.96. The van der Waals surface area contributed by atoms with E-state index in [0.717, 1.165) is 0 Å². The molecular formula is C11H15ClO. The number of rotatable bonds is 2. The number of Topliss-reactive ketones (excluding diaryl/α,β-unsaturated/α-hetero) is 1. The lowest BCUT2D eigenvalue weighted by atomic mass is 10.1. The minimum atomic E-state index is 0.132. The van der Waals surface area contributed by atoms with Crippen LogP contribution in [0.2, 0.25) is 5.02 Å². The molecule has 0 fully saturated rings. The Morgan fingerprint density at radius 3 is 2.46 bits per heavy atom. The van der Waals surface area contributed by atoms with E-state index in [1.54, 1.807) is 24.3 Å². The van der Waals surface area contributed by atoms with E-state index in [1.165, 1.54) is 0 Å². The van der Waals surface area contributed by atoms with Crippen LogP contribution >= 0.6 is 11.6 Å². The molecule has 1 aromatic rings. The molecule has 0 amide bonds. The van der Waals surface area contributed by atoms with Gasteiger partial charge >= 0.3 is 0 Å². The van der Waals surface area contributed by atoms with Gasteiger partial charge in [-0.1, -0.05) is 44.5 Å². The Hall–Kier alpha value is -0.820. The molecule has 72 valence electrons. The molecule has 0 aliphatic carbocycles. The van der Waals surface area contributed by atoms with Gasteiger partial charge in [0.1, 0.15) is 0 Å². The van der Waals surface area contributed by atoms with E-state index in [1.807, 2.05) is 20.8 Å². The highest BCUT2D eigenvalue weighted by atomic mass is 35.5. The number of benzene rings is 1. The van der Waals surface area contributed by atoms with Crippen LogP contribution in [0.1, 0.15) is 37.6 Å². The summed E-state index contributed by atoms with van der Waals surface area (Å²) in [4.78, 5) is 11.1. The maximum Gasteiger partial charge on any atom is 0.162 e. The van der Waals surface area contributed by atoms with Crippen molar-refractivity contribution in [2.24, 2.45) is 0 Å². The van der Waals surface area contributed by atoms with Crippen molar-refractivity contribution >= 4 is 17.4 Å². The molecule has 2 heteroatoms. The van der Waals surface area contributed by atoms with E-state index < -0.39 is 0 Å². The lowest BCUT2D eigenvalue weighted by molar-refractivity contribution is 0.0988. The van der Waals surface area contributed by atoms with Crippen molar-refractivity contribution in [1.82, 2.24) is 0 Å². The molecule has 0 aromatic heterocycles. The number of hydrogen-bond donors (Lipinski definition) is 0. The third-order valence-electron chi connectivity index (χ3n) is 1.47. The van der Waals surface area contributed by atoms with Crippen LogP contribution in [0.3, 0.4) is 0 Å². The molecular weight excluding hydrogens is 184 g/mol. The molecule has 1 aromatic carbocycles. The molecule has 0 aliphatic heterocycles. The Balaban J connectivity index is 0.000000671. The van der Waals surface area contributed by atoms with E-state index in [4.69, 9.17) is 11.6 Å². The SMILES string of the molecule is CC.CCC(=O)c1cccc(Cl)c1. The van der Waals surface area contributed by atoms with Crippen molar-refractivity contribution in [1.29, 1.82) is 0 Å². The zero-order valence-electron chi connectivity index (χ0n) is 8.30. The van der Waals surface area contributed by atoms with Gasteiger partial charge in [0.25, 0.3) is 0 Å². The summed E-state index contributed by atoms with van der Waals surface area (Å²) in [7, 11) is 0. The van der Waals surface area contributed by atoms with Gasteiger partial charge in [0.05, 0.1) is 0 Å². The summed E-state index contributed by atoms with van der Waals surface area (Å²) < 4.78 is 0. The number of ketones is 1. The summed E-state index contributed by atoms with van der Waals surface area (Å²) in [5.74, 6) is 0.132. The molecule has 0 N–H and O–H groups in total. The minimum Gasteiger partial charge on any atom is -0.294 e. The van der Waals surface area contributed by atoms with E-state index in [2.05, 4.69) is 0 Å². The van der Waals surface area contributed by atoms with Gasteiger partial charge in [-0.25, -0.2) is 0 Å². The summed E-state index contributed by atoms with van der Waals surface area (Å²) in [6, 6.07) is 7.00. The van der Waals surface area contributed by atoms with Crippen molar-refractivity contribution in [3.8, 4) is 0 Å². The smallest absolute Gasteiger partial charge is 0.162 e. The van der Waals surface area contributed by atoms with Crippen molar-refractivity contribution < 1.29 is 4.79 Å². The molecule has 0 radical (unpaired) electrons. The van der Waals surface area contributed by atoms with Crippen LogP contribution in [0.15, 0.2) is 24.3 Å². The van der Waals surface area contributed by atoms with Gasteiger partial charge in [-0.15, -0.1) is 0 Å². The number of carbonyl (C=O) groups excluding carboxylic acids is 1. The van der Waals surface area contributed by atoms with Crippen molar-refractivity contribution in [2.45, 2.75) is 27.2 Å². The van der Waals surface area contributed by atoms with E-state index in [0.29, 0.717) is 17.0 Å². The molecule has 0 bridgehead atoms. The first-order valence-corrected chi connectivity index (χ1v) is 4.90. The highest BCUT2D eigenvalue weighted by molar-refractivity contribution is 6.30. The molecule has 1 rings (SSSR count). The highest BCUT2D eigenvalue weighted by Crippen LogP contribution is 2.11. The molecule has 0 heterocycles. The average molecular weight is 199 g/mol. The summed E-state index contributed by atoms with van der Waals surface area (Å²) >= 11 is 5.69. The van der Waals surface area contributed by atoms with Gasteiger partial charge in [-0.05, 0) is 12.1 Å². The number of carbonyl (C=O) groups is 1. The molecule has 0 atom stereocenters. The van der Waals surface area contributed by atoms with Gasteiger partial charge in [0, 0.05) is 17.0 Å². The van der Waals surface area contributed by atoms with Crippen molar-refractivity contribution in [2.75, 3.05) is 0 Å². The standard InChI is InChI=1S/C9H9ClO.C2H6/c1-2-9(11)7-4-3-5-8(10)6-7;1-2/h3-6H,2H2,1H3;1-2H3. The van der Waals surface area contributed by atoms with E-state index in [9.17, 15) is 4.79 Å². The lowest BCUT2D eigenvalue weighted by Crippen LogP contribution is -1.94. The fourth-order valence-electron chi connectivity index (χ4n) is 0.866. The van der Waals surface area contributed by atoms with Crippen LogP contribution < -0.4 is 0 Å². The monoisotopic (exact) mass is 198 g/mol. The minimum absolute atomic E-state index is 0.132. The number of halogens is 1. The summed E-state index contributed by atoms with van der Waals surface area (Å²) in [5, 5.41) is 0.615. The number of hydrogen-bond acceptors (Lipinski definition) is 1. The van der Waals surface area contributed by atoms with Crippen LogP contribution in [0, 0.1) is 0 Å². The second-order valence-electron chi connectivity index (χ2n) is 2.29. The third-order valence-corrected chi connectivity index (χ3v) is 1.70. The predicted molar refractivity (Wildman–Crippen MR) is 57.4 cm³/mol. The average Bonchev–Trinajstić information content (AvgIpc) is 2.20. The first-order valence-electron chi connectivity index (χ1n) is 4.53. The Morgan fingerprint density at radius 1 is 1.38 bits per heavy atom. The van der Waals surface area contributed by atoms with Crippen molar-refractivity contribution in [3.63, 3.8) is 0 Å². The Bertz CT molecular complexity index is 269. The fraction of sp³-hybridized carbons (Fsp3) is 0.364. The molecule has 0 spiro atoms. The van der Waals surface area contributed by atoms with Gasteiger partial charge in [-0.2, -0.15) is 0 Å². The van der Waals surface area contributed by atoms with E-state index >= 15 is 0 Å². The van der Waals surface area contributed by atoms with Gasteiger partial charge < -0.3 is 0 Å². The molecule has 0 unspecified atom stereocenters. The first kappa shape index (κ1) is 12.2. The van der Waals surface area contributed by atoms with Crippen LogP contribution in [-0.4, -0.2) is 5.78 Å². The summed E-state index contributed by atoms with van der Waals surface area (Å²) in [6.45, 7) is 5.84. The molecule has 0 saturated carbocycles. The normalized spacial score (nSPS) is 8.62. The largest absolute Gasteiger partial charge is 0.294 e. The molecule has 13 heavy (non-hydrogen) atoms. The second kappa shape index (κ2) is 6.67. The summed E-state index contributed by atoms with van der Waals surface area (Å²) in [5.41, 5.74) is 0.694. The molecule has 0 saturated heterocycles.